The zero-order valence-corrected chi connectivity index (χ0v) is 21.1. The van der Waals surface area contributed by atoms with Gasteiger partial charge in [-0.3, -0.25) is 14.6 Å². The van der Waals surface area contributed by atoms with Gasteiger partial charge in [0.2, 0.25) is 5.91 Å². The van der Waals surface area contributed by atoms with Crippen LogP contribution >= 0.6 is 0 Å². The van der Waals surface area contributed by atoms with Crippen molar-refractivity contribution in [2.75, 3.05) is 46.4 Å². The Morgan fingerprint density at radius 3 is 2.13 bits per heavy atom. The summed E-state index contributed by atoms with van der Waals surface area (Å²) >= 11 is 0. The second-order valence-corrected chi connectivity index (χ2v) is 9.50. The van der Waals surface area contributed by atoms with Crippen molar-refractivity contribution >= 4 is 12.0 Å². The molecule has 2 aromatic carbocycles. The Labute approximate surface area is 221 Å². The van der Waals surface area contributed by atoms with Gasteiger partial charge in [0.1, 0.15) is 6.04 Å². The number of benzene rings is 2. The Morgan fingerprint density at radius 1 is 0.923 bits per heavy atom. The van der Waals surface area contributed by atoms with Crippen molar-refractivity contribution in [3.8, 4) is 0 Å². The molecule has 0 saturated carbocycles. The molecule has 2 aliphatic heterocycles. The van der Waals surface area contributed by atoms with Crippen molar-refractivity contribution < 1.29 is 40.7 Å². The van der Waals surface area contributed by atoms with Crippen molar-refractivity contribution in [1.82, 2.24) is 20.0 Å². The van der Waals surface area contributed by atoms with Crippen LogP contribution in [0.3, 0.4) is 0 Å². The van der Waals surface area contributed by atoms with Crippen LogP contribution in [0.5, 0.6) is 0 Å². The first kappa shape index (κ1) is 28.7. The summed E-state index contributed by atoms with van der Waals surface area (Å²) in [6.07, 6.45) is -10.3. The van der Waals surface area contributed by atoms with E-state index < -0.39 is 42.0 Å². The molecule has 39 heavy (non-hydrogen) atoms. The Kier molecular flexibility index (Phi) is 8.40. The van der Waals surface area contributed by atoms with Crippen molar-refractivity contribution in [2.24, 2.45) is 0 Å². The summed E-state index contributed by atoms with van der Waals surface area (Å²) in [7, 11) is 1.33. The van der Waals surface area contributed by atoms with Gasteiger partial charge in [0.05, 0.1) is 18.2 Å². The molecule has 212 valence electrons. The lowest BCUT2D eigenvalue weighted by Gasteiger charge is -2.35. The van der Waals surface area contributed by atoms with Crippen LogP contribution in [0, 0.1) is 0 Å². The summed E-state index contributed by atoms with van der Waals surface area (Å²) in [5, 5.41) is 2.54. The number of nitrogens with zero attached hydrogens (tertiary/aromatic N) is 3. The van der Waals surface area contributed by atoms with E-state index in [1.807, 2.05) is 17.0 Å². The Balaban J connectivity index is 1.44. The minimum atomic E-state index is -4.97. The Morgan fingerprint density at radius 2 is 1.54 bits per heavy atom. The van der Waals surface area contributed by atoms with Gasteiger partial charge in [0.25, 0.3) is 0 Å². The third kappa shape index (κ3) is 6.82. The van der Waals surface area contributed by atoms with Crippen LogP contribution in [0.2, 0.25) is 0 Å². The van der Waals surface area contributed by atoms with E-state index in [0.29, 0.717) is 57.9 Å². The first-order valence-electron chi connectivity index (χ1n) is 12.3. The fourth-order valence-corrected chi connectivity index (χ4v) is 4.93. The highest BCUT2D eigenvalue weighted by Crippen LogP contribution is 2.37. The number of piperazine rings is 1. The van der Waals surface area contributed by atoms with Crippen molar-refractivity contribution in [3.63, 3.8) is 0 Å². The second-order valence-electron chi connectivity index (χ2n) is 9.50. The highest BCUT2D eigenvalue weighted by Gasteiger charge is 2.38. The molecular formula is C26H28F6N4O3. The molecule has 13 heteroatoms. The molecular weight excluding hydrogens is 530 g/mol. The number of amides is 2. The first-order chi connectivity index (χ1) is 18.4. The molecule has 2 amide bonds. The smallest absolute Gasteiger partial charge is 0.416 e. The van der Waals surface area contributed by atoms with E-state index in [9.17, 15) is 35.9 Å². The minimum absolute atomic E-state index is 0.0608. The summed E-state index contributed by atoms with van der Waals surface area (Å²) in [4.78, 5) is 30.7. The van der Waals surface area contributed by atoms with E-state index in [-0.39, 0.29) is 17.7 Å². The third-order valence-electron chi connectivity index (χ3n) is 6.96. The molecule has 4 rings (SSSR count). The molecule has 7 nitrogen and oxygen atoms in total. The van der Waals surface area contributed by atoms with E-state index in [0.717, 1.165) is 11.1 Å². The molecule has 1 N–H and O–H groups in total. The number of carbonyl (C=O) groups excluding carboxylic acids is 2. The van der Waals surface area contributed by atoms with Gasteiger partial charge in [-0.1, -0.05) is 24.3 Å². The number of hydrogen-bond acceptors (Lipinski definition) is 5. The van der Waals surface area contributed by atoms with Gasteiger partial charge in [-0.05, 0) is 34.9 Å². The lowest BCUT2D eigenvalue weighted by atomic mass is 10.0. The van der Waals surface area contributed by atoms with Gasteiger partial charge in [-0.2, -0.15) is 26.3 Å². The SMILES string of the molecule is COC(=O)N1CCN(CCN2Cc3ccccc3C2C(=O)NCc2cc(C(F)(F)F)cc(C(F)(F)F)c2)CC1. The molecule has 2 aliphatic rings. The van der Waals surface area contributed by atoms with Crippen LogP contribution < -0.4 is 5.32 Å². The number of methoxy groups -OCH3 is 1. The molecule has 2 aromatic rings. The summed E-state index contributed by atoms with van der Waals surface area (Å²) in [6, 6.07) is 7.83. The number of fused-ring (bicyclic) bond motifs is 1. The number of nitrogens with one attached hydrogen (secondary N) is 1. The molecule has 1 fully saturated rings. The second kappa shape index (κ2) is 11.4. The van der Waals surface area contributed by atoms with Crippen LogP contribution in [0.4, 0.5) is 31.1 Å². The zero-order chi connectivity index (χ0) is 28.4. The van der Waals surface area contributed by atoms with E-state index in [1.165, 1.54) is 7.11 Å². The highest BCUT2D eigenvalue weighted by molar-refractivity contribution is 5.84. The number of rotatable bonds is 6. The largest absolute Gasteiger partial charge is 0.453 e. The maximum absolute atomic E-state index is 13.3. The highest BCUT2D eigenvalue weighted by atomic mass is 19.4. The van der Waals surface area contributed by atoms with Crippen molar-refractivity contribution in [1.29, 1.82) is 0 Å². The van der Waals surface area contributed by atoms with Crippen molar-refractivity contribution in [2.45, 2.75) is 31.5 Å². The summed E-state index contributed by atoms with van der Waals surface area (Å²) in [6.45, 7) is 3.35. The van der Waals surface area contributed by atoms with Gasteiger partial charge < -0.3 is 15.0 Å². The van der Waals surface area contributed by atoms with Gasteiger partial charge in [0.15, 0.2) is 0 Å². The summed E-state index contributed by atoms with van der Waals surface area (Å²) in [5.74, 6) is -0.513. The van der Waals surface area contributed by atoms with E-state index in [2.05, 4.69) is 10.2 Å². The van der Waals surface area contributed by atoms with Crippen LogP contribution in [-0.2, 0) is 35.0 Å². The lowest BCUT2D eigenvalue weighted by Crippen LogP contribution is -2.50. The standard InChI is InChI=1S/C26H28F6N4O3/c1-39-24(38)35-9-6-34(7-10-35)8-11-36-16-18-4-2-3-5-21(18)22(36)23(37)33-15-17-12-19(25(27,28)29)14-20(13-17)26(30,31)32/h2-5,12-14,22H,6-11,15-16H2,1H3,(H,33,37). The molecule has 0 bridgehead atoms. The number of hydrogen-bond donors (Lipinski definition) is 1. The number of alkyl halides is 6. The molecule has 1 atom stereocenters. The normalized spacial score (nSPS) is 18.6. The van der Waals surface area contributed by atoms with Crippen molar-refractivity contribution in [3.05, 3.63) is 70.3 Å². The van der Waals surface area contributed by atoms with E-state index in [1.54, 1.807) is 17.0 Å². The number of halogens is 6. The maximum atomic E-state index is 13.3. The van der Waals surface area contributed by atoms with Crippen LogP contribution in [-0.4, -0.2) is 73.1 Å². The molecule has 2 heterocycles. The fraction of sp³-hybridized carbons (Fsp3) is 0.462. The lowest BCUT2D eigenvalue weighted by molar-refractivity contribution is -0.143. The topological polar surface area (TPSA) is 65.1 Å². The van der Waals surface area contributed by atoms with Crippen LogP contribution in [0.15, 0.2) is 42.5 Å². The van der Waals surface area contributed by atoms with Gasteiger partial charge >= 0.3 is 18.4 Å². The molecule has 0 aromatic heterocycles. The van der Waals surface area contributed by atoms with Gasteiger partial charge in [-0.25, -0.2) is 4.79 Å². The molecule has 0 aliphatic carbocycles. The fourth-order valence-electron chi connectivity index (χ4n) is 4.93. The number of ether oxygens (including phenoxy) is 1. The summed E-state index contributed by atoms with van der Waals surface area (Å²) in [5.41, 5.74) is -1.49. The molecule has 1 saturated heterocycles. The average molecular weight is 559 g/mol. The third-order valence-corrected chi connectivity index (χ3v) is 6.96. The van der Waals surface area contributed by atoms with Gasteiger partial charge in [-0.15, -0.1) is 0 Å². The molecule has 1 unspecified atom stereocenters. The average Bonchev–Trinajstić information content (AvgIpc) is 3.27. The zero-order valence-electron chi connectivity index (χ0n) is 21.1. The predicted octanol–water partition coefficient (Wildman–Crippen LogP) is 4.28. The predicted molar refractivity (Wildman–Crippen MR) is 128 cm³/mol. The minimum Gasteiger partial charge on any atom is -0.453 e. The molecule has 0 spiro atoms. The quantitative estimate of drug-likeness (QED) is 0.537. The molecule has 0 radical (unpaired) electrons. The van der Waals surface area contributed by atoms with Gasteiger partial charge in [0, 0.05) is 52.4 Å². The monoisotopic (exact) mass is 558 g/mol. The number of carbonyl (C=O) groups is 2. The Hall–Kier alpha value is -3.32. The first-order valence-corrected chi connectivity index (χ1v) is 12.3. The summed E-state index contributed by atoms with van der Waals surface area (Å²) < 4.78 is 84.1. The van der Waals surface area contributed by atoms with E-state index >= 15 is 0 Å². The van der Waals surface area contributed by atoms with Crippen LogP contribution in [0.25, 0.3) is 0 Å². The Bertz CT molecular complexity index is 1160. The maximum Gasteiger partial charge on any atom is 0.416 e. The van der Waals surface area contributed by atoms with E-state index in [4.69, 9.17) is 4.74 Å². The van der Waals surface area contributed by atoms with Crippen LogP contribution in [0.1, 0.15) is 33.9 Å².